The summed E-state index contributed by atoms with van der Waals surface area (Å²) in [6.45, 7) is 12.5. The van der Waals surface area contributed by atoms with Crippen LogP contribution in [0.5, 0.6) is 5.75 Å². The van der Waals surface area contributed by atoms with Crippen LogP contribution in [-0.2, 0) is 20.4 Å². The van der Waals surface area contributed by atoms with Gasteiger partial charge in [-0.15, -0.1) is 0 Å². The number of ether oxygens (including phenoxy) is 1. The number of carbonyl (C=O) groups excluding carboxylic acids is 3. The van der Waals surface area contributed by atoms with Gasteiger partial charge in [0.15, 0.2) is 6.61 Å². The number of carbonyl (C=O) groups is 3. The standard InChI is InChI=1S/C27H35N3O4/c1-26(2,3)19-11-14-22(21(15-19)27(4,5)6)34-16-23(31)29-30-25(33)18-9-12-20(13-10-18)28-24(32)17-7-8-17/h9-15,17H,7-8,16H2,1-6H3,(H,28,32)(H,29,31)(H,30,33). The first-order valence-corrected chi connectivity index (χ1v) is 11.6. The topological polar surface area (TPSA) is 96.5 Å². The van der Waals surface area contributed by atoms with Gasteiger partial charge in [0.05, 0.1) is 0 Å². The molecular weight excluding hydrogens is 430 g/mol. The quantitative estimate of drug-likeness (QED) is 0.549. The van der Waals surface area contributed by atoms with Gasteiger partial charge in [-0.25, -0.2) is 0 Å². The molecule has 1 saturated carbocycles. The zero-order valence-electron chi connectivity index (χ0n) is 20.9. The van der Waals surface area contributed by atoms with Crippen LogP contribution in [0.15, 0.2) is 42.5 Å². The van der Waals surface area contributed by atoms with Crippen LogP contribution in [0.3, 0.4) is 0 Å². The van der Waals surface area contributed by atoms with Gasteiger partial charge < -0.3 is 10.1 Å². The molecule has 7 nitrogen and oxygen atoms in total. The van der Waals surface area contributed by atoms with Crippen LogP contribution in [0, 0.1) is 5.92 Å². The molecule has 0 spiro atoms. The summed E-state index contributed by atoms with van der Waals surface area (Å²) < 4.78 is 5.80. The van der Waals surface area contributed by atoms with Gasteiger partial charge in [0, 0.05) is 17.2 Å². The first-order valence-electron chi connectivity index (χ1n) is 11.6. The molecule has 0 atom stereocenters. The fourth-order valence-corrected chi connectivity index (χ4v) is 3.38. The van der Waals surface area contributed by atoms with E-state index in [0.717, 1.165) is 18.4 Å². The predicted octanol–water partition coefficient (Wildman–Crippen LogP) is 4.47. The van der Waals surface area contributed by atoms with E-state index in [9.17, 15) is 14.4 Å². The molecule has 3 N–H and O–H groups in total. The summed E-state index contributed by atoms with van der Waals surface area (Å²) in [6, 6.07) is 12.5. The molecule has 1 fully saturated rings. The average Bonchev–Trinajstić information content (AvgIpc) is 3.60. The highest BCUT2D eigenvalue weighted by Gasteiger charge is 2.29. The van der Waals surface area contributed by atoms with Crippen molar-refractivity contribution in [2.24, 2.45) is 5.92 Å². The monoisotopic (exact) mass is 465 g/mol. The lowest BCUT2D eigenvalue weighted by molar-refractivity contribution is -0.123. The van der Waals surface area contributed by atoms with E-state index in [0.29, 0.717) is 17.0 Å². The second kappa shape index (κ2) is 9.87. The first kappa shape index (κ1) is 25.3. The Morgan fingerprint density at radius 2 is 1.53 bits per heavy atom. The van der Waals surface area contributed by atoms with Gasteiger partial charge in [-0.3, -0.25) is 25.2 Å². The number of benzene rings is 2. The van der Waals surface area contributed by atoms with E-state index < -0.39 is 11.8 Å². The van der Waals surface area contributed by atoms with E-state index in [4.69, 9.17) is 4.74 Å². The molecule has 182 valence electrons. The van der Waals surface area contributed by atoms with Crippen LogP contribution < -0.4 is 20.9 Å². The van der Waals surface area contributed by atoms with E-state index in [2.05, 4.69) is 63.8 Å². The van der Waals surface area contributed by atoms with Crippen molar-refractivity contribution >= 4 is 23.4 Å². The number of hydrazine groups is 1. The van der Waals surface area contributed by atoms with Crippen molar-refractivity contribution in [2.45, 2.75) is 65.2 Å². The van der Waals surface area contributed by atoms with E-state index >= 15 is 0 Å². The lowest BCUT2D eigenvalue weighted by Crippen LogP contribution is -2.43. The summed E-state index contributed by atoms with van der Waals surface area (Å²) in [5.41, 5.74) is 7.82. The van der Waals surface area contributed by atoms with Crippen LogP contribution in [-0.4, -0.2) is 24.3 Å². The lowest BCUT2D eigenvalue weighted by Gasteiger charge is -2.27. The zero-order chi connectivity index (χ0) is 25.1. The Morgan fingerprint density at radius 1 is 0.882 bits per heavy atom. The van der Waals surface area contributed by atoms with Crippen LogP contribution in [0.2, 0.25) is 0 Å². The molecule has 3 amide bonds. The molecule has 1 aliphatic carbocycles. The molecule has 1 aliphatic rings. The molecule has 0 aromatic heterocycles. The molecule has 3 rings (SSSR count). The van der Waals surface area contributed by atoms with E-state index in [-0.39, 0.29) is 29.3 Å². The van der Waals surface area contributed by atoms with Gasteiger partial charge in [-0.2, -0.15) is 0 Å². The second-order valence-corrected chi connectivity index (χ2v) is 10.8. The van der Waals surface area contributed by atoms with Crippen LogP contribution >= 0.6 is 0 Å². The van der Waals surface area contributed by atoms with Crippen molar-refractivity contribution in [2.75, 3.05) is 11.9 Å². The summed E-state index contributed by atoms with van der Waals surface area (Å²) in [6.07, 6.45) is 1.85. The fourth-order valence-electron chi connectivity index (χ4n) is 3.38. The third-order valence-electron chi connectivity index (χ3n) is 5.69. The Hall–Kier alpha value is -3.35. The maximum absolute atomic E-state index is 12.3. The minimum atomic E-state index is -0.471. The maximum Gasteiger partial charge on any atom is 0.276 e. The van der Waals surface area contributed by atoms with Crippen molar-refractivity contribution in [3.8, 4) is 5.75 Å². The largest absolute Gasteiger partial charge is 0.483 e. The molecule has 34 heavy (non-hydrogen) atoms. The van der Waals surface area contributed by atoms with Gasteiger partial charge in [-0.05, 0) is 65.1 Å². The molecule has 0 unspecified atom stereocenters. The molecule has 0 radical (unpaired) electrons. The predicted molar refractivity (Wildman–Crippen MR) is 133 cm³/mol. The first-order chi connectivity index (χ1) is 15.8. The maximum atomic E-state index is 12.3. The minimum absolute atomic E-state index is 0.00119. The molecule has 2 aromatic carbocycles. The molecule has 0 saturated heterocycles. The molecule has 0 bridgehead atoms. The Bertz CT molecular complexity index is 1060. The van der Waals surface area contributed by atoms with Crippen LogP contribution in [0.1, 0.15) is 75.9 Å². The van der Waals surface area contributed by atoms with Crippen LogP contribution in [0.25, 0.3) is 0 Å². The van der Waals surface area contributed by atoms with E-state index in [1.807, 2.05) is 12.1 Å². The van der Waals surface area contributed by atoms with Crippen molar-refractivity contribution in [1.29, 1.82) is 0 Å². The SMILES string of the molecule is CC(C)(C)c1ccc(OCC(=O)NNC(=O)c2ccc(NC(=O)C3CC3)cc2)c(C(C)(C)C)c1. The van der Waals surface area contributed by atoms with Crippen molar-refractivity contribution in [1.82, 2.24) is 10.9 Å². The van der Waals surface area contributed by atoms with Gasteiger partial charge in [0.1, 0.15) is 5.75 Å². The Morgan fingerprint density at radius 3 is 2.09 bits per heavy atom. The van der Waals surface area contributed by atoms with Gasteiger partial charge in [0.2, 0.25) is 5.91 Å². The van der Waals surface area contributed by atoms with Crippen molar-refractivity contribution in [3.63, 3.8) is 0 Å². The van der Waals surface area contributed by atoms with Crippen LogP contribution in [0.4, 0.5) is 5.69 Å². The highest BCUT2D eigenvalue weighted by atomic mass is 16.5. The number of amides is 3. The Kier molecular flexibility index (Phi) is 7.34. The number of hydrogen-bond acceptors (Lipinski definition) is 4. The number of rotatable bonds is 6. The molecule has 0 heterocycles. The minimum Gasteiger partial charge on any atom is -0.483 e. The molecule has 2 aromatic rings. The molecular formula is C27H35N3O4. The third kappa shape index (κ3) is 6.83. The zero-order valence-corrected chi connectivity index (χ0v) is 20.9. The summed E-state index contributed by atoms with van der Waals surface area (Å²) in [7, 11) is 0. The second-order valence-electron chi connectivity index (χ2n) is 10.8. The summed E-state index contributed by atoms with van der Waals surface area (Å²) in [5.74, 6) is -0.172. The Balaban J connectivity index is 1.53. The number of nitrogens with one attached hydrogen (secondary N) is 3. The van der Waals surface area contributed by atoms with Gasteiger partial charge in [-0.1, -0.05) is 53.7 Å². The fraction of sp³-hybridized carbons (Fsp3) is 0.444. The summed E-state index contributed by atoms with van der Waals surface area (Å²) in [5, 5.41) is 2.82. The van der Waals surface area contributed by atoms with Gasteiger partial charge >= 0.3 is 0 Å². The number of hydrogen-bond donors (Lipinski definition) is 3. The van der Waals surface area contributed by atoms with Crippen molar-refractivity contribution in [3.05, 3.63) is 59.2 Å². The highest BCUT2D eigenvalue weighted by Crippen LogP contribution is 2.35. The highest BCUT2D eigenvalue weighted by molar-refractivity contribution is 5.97. The Labute approximate surface area is 201 Å². The average molecular weight is 466 g/mol. The van der Waals surface area contributed by atoms with E-state index in [1.165, 1.54) is 5.56 Å². The summed E-state index contributed by atoms with van der Waals surface area (Å²) >= 11 is 0. The van der Waals surface area contributed by atoms with E-state index in [1.54, 1.807) is 24.3 Å². The molecule has 0 aliphatic heterocycles. The number of anilines is 1. The van der Waals surface area contributed by atoms with Gasteiger partial charge in [0.25, 0.3) is 11.8 Å². The van der Waals surface area contributed by atoms with Crippen molar-refractivity contribution < 1.29 is 19.1 Å². The molecule has 7 heteroatoms. The summed E-state index contributed by atoms with van der Waals surface area (Å²) in [4.78, 5) is 36.4. The lowest BCUT2D eigenvalue weighted by atomic mass is 9.80. The third-order valence-corrected chi connectivity index (χ3v) is 5.69. The smallest absolute Gasteiger partial charge is 0.276 e. The normalized spacial score (nSPS) is 13.7.